The van der Waals surface area contributed by atoms with Crippen LogP contribution < -0.4 is 5.32 Å². The van der Waals surface area contributed by atoms with Gasteiger partial charge in [-0.2, -0.15) is 0 Å². The van der Waals surface area contributed by atoms with E-state index < -0.39 is 0 Å². The van der Waals surface area contributed by atoms with Crippen molar-refractivity contribution in [1.82, 2.24) is 10.3 Å². The fraction of sp³-hybridized carbons (Fsp3) is 0.353. The molecule has 0 fully saturated rings. The standard InChI is InChI=1S/C17H19BrN2/c1-2-19-17(13-7-3-4-8-15(13)18)14-10-9-12-6-5-11-20-16(12)14/h3-8,11,14,17,19H,2,9-10H2,1H3. The van der Waals surface area contributed by atoms with Crippen molar-refractivity contribution in [3.63, 3.8) is 0 Å². The minimum absolute atomic E-state index is 0.326. The number of rotatable bonds is 4. The molecule has 20 heavy (non-hydrogen) atoms. The van der Waals surface area contributed by atoms with Gasteiger partial charge in [0.2, 0.25) is 0 Å². The molecule has 2 nitrogen and oxygen atoms in total. The number of nitrogens with zero attached hydrogens (tertiary/aromatic N) is 1. The quantitative estimate of drug-likeness (QED) is 0.907. The van der Waals surface area contributed by atoms with Crippen LogP contribution in [0.15, 0.2) is 47.1 Å². The number of likely N-dealkylation sites (N-methyl/N-ethyl adjacent to an activating group) is 1. The second kappa shape index (κ2) is 6.06. The number of hydrogen-bond acceptors (Lipinski definition) is 2. The molecule has 3 heteroatoms. The van der Waals surface area contributed by atoms with Crippen molar-refractivity contribution in [2.24, 2.45) is 0 Å². The summed E-state index contributed by atoms with van der Waals surface area (Å²) in [5.74, 6) is 0.463. The Bertz CT molecular complexity index is 597. The molecule has 1 aliphatic carbocycles. The third kappa shape index (κ3) is 2.52. The normalized spacial score (nSPS) is 18.8. The lowest BCUT2D eigenvalue weighted by Gasteiger charge is -2.26. The van der Waals surface area contributed by atoms with Gasteiger partial charge >= 0.3 is 0 Å². The highest BCUT2D eigenvalue weighted by Crippen LogP contribution is 2.42. The molecule has 0 saturated heterocycles. The zero-order valence-electron chi connectivity index (χ0n) is 11.6. The van der Waals surface area contributed by atoms with E-state index in [9.17, 15) is 0 Å². The lowest BCUT2D eigenvalue weighted by atomic mass is 9.90. The van der Waals surface area contributed by atoms with Gasteiger partial charge in [-0.25, -0.2) is 0 Å². The molecule has 1 heterocycles. The molecule has 0 saturated carbocycles. The van der Waals surface area contributed by atoms with Crippen LogP contribution in [-0.2, 0) is 6.42 Å². The van der Waals surface area contributed by atoms with E-state index in [1.54, 1.807) is 0 Å². The predicted molar refractivity (Wildman–Crippen MR) is 85.9 cm³/mol. The predicted octanol–water partition coefficient (Wildman–Crippen LogP) is 4.22. The number of hydrogen-bond donors (Lipinski definition) is 1. The maximum Gasteiger partial charge on any atom is 0.0485 e. The first-order valence-electron chi connectivity index (χ1n) is 7.23. The minimum Gasteiger partial charge on any atom is -0.310 e. The molecule has 0 spiro atoms. The van der Waals surface area contributed by atoms with Crippen LogP contribution in [0.2, 0.25) is 0 Å². The van der Waals surface area contributed by atoms with E-state index in [-0.39, 0.29) is 0 Å². The van der Waals surface area contributed by atoms with Crippen molar-refractivity contribution in [2.75, 3.05) is 6.54 Å². The van der Waals surface area contributed by atoms with E-state index in [0.29, 0.717) is 12.0 Å². The summed E-state index contributed by atoms with van der Waals surface area (Å²) in [5, 5.41) is 3.65. The number of benzene rings is 1. The number of aryl methyl sites for hydroxylation is 1. The molecule has 1 aromatic carbocycles. The molecule has 1 N–H and O–H groups in total. The molecular weight excluding hydrogens is 312 g/mol. The highest BCUT2D eigenvalue weighted by Gasteiger charge is 2.32. The lowest BCUT2D eigenvalue weighted by molar-refractivity contribution is 0.446. The summed E-state index contributed by atoms with van der Waals surface area (Å²) in [6, 6.07) is 13.1. The van der Waals surface area contributed by atoms with Crippen LogP contribution in [0.3, 0.4) is 0 Å². The zero-order chi connectivity index (χ0) is 13.9. The Labute approximate surface area is 128 Å². The molecule has 2 atom stereocenters. The first-order valence-corrected chi connectivity index (χ1v) is 8.02. The van der Waals surface area contributed by atoms with Crippen LogP contribution in [0.25, 0.3) is 0 Å². The van der Waals surface area contributed by atoms with E-state index in [1.165, 1.54) is 27.7 Å². The fourth-order valence-corrected chi connectivity index (χ4v) is 3.72. The minimum atomic E-state index is 0.326. The number of pyridine rings is 1. The Morgan fingerprint density at radius 3 is 2.95 bits per heavy atom. The van der Waals surface area contributed by atoms with Crippen LogP contribution in [0.5, 0.6) is 0 Å². The first-order chi connectivity index (χ1) is 9.81. The van der Waals surface area contributed by atoms with Crippen molar-refractivity contribution in [3.05, 3.63) is 63.9 Å². The van der Waals surface area contributed by atoms with Crippen LogP contribution in [0.4, 0.5) is 0 Å². The van der Waals surface area contributed by atoms with E-state index in [0.717, 1.165) is 13.0 Å². The van der Waals surface area contributed by atoms with Gasteiger partial charge in [-0.15, -0.1) is 0 Å². The fourth-order valence-electron chi connectivity index (χ4n) is 3.18. The Hall–Kier alpha value is -1.19. The molecule has 2 aromatic rings. The van der Waals surface area contributed by atoms with E-state index >= 15 is 0 Å². The molecule has 0 aliphatic heterocycles. The second-order valence-electron chi connectivity index (χ2n) is 5.25. The topological polar surface area (TPSA) is 24.9 Å². The highest BCUT2D eigenvalue weighted by molar-refractivity contribution is 9.10. The summed E-state index contributed by atoms with van der Waals surface area (Å²) in [7, 11) is 0. The summed E-state index contributed by atoms with van der Waals surface area (Å²) in [4.78, 5) is 4.64. The van der Waals surface area contributed by atoms with Gasteiger partial charge in [0, 0.05) is 28.3 Å². The van der Waals surface area contributed by atoms with Gasteiger partial charge in [0.25, 0.3) is 0 Å². The summed E-state index contributed by atoms with van der Waals surface area (Å²) < 4.78 is 1.18. The molecule has 104 valence electrons. The van der Waals surface area contributed by atoms with E-state index in [4.69, 9.17) is 0 Å². The smallest absolute Gasteiger partial charge is 0.0485 e. The number of nitrogens with one attached hydrogen (secondary N) is 1. The largest absolute Gasteiger partial charge is 0.310 e. The molecule has 3 rings (SSSR count). The third-order valence-electron chi connectivity index (χ3n) is 4.07. The Morgan fingerprint density at radius 1 is 1.30 bits per heavy atom. The maximum absolute atomic E-state index is 4.64. The zero-order valence-corrected chi connectivity index (χ0v) is 13.2. The Balaban J connectivity index is 1.99. The van der Waals surface area contributed by atoms with Crippen molar-refractivity contribution in [1.29, 1.82) is 0 Å². The Kier molecular flexibility index (Phi) is 4.18. The van der Waals surface area contributed by atoms with Crippen molar-refractivity contribution in [3.8, 4) is 0 Å². The summed E-state index contributed by atoms with van der Waals surface area (Å²) in [6.07, 6.45) is 4.23. The SMILES string of the molecule is CCNC(c1ccccc1Br)C1CCc2cccnc21. The Morgan fingerprint density at radius 2 is 2.15 bits per heavy atom. The summed E-state index contributed by atoms with van der Waals surface area (Å²) >= 11 is 3.69. The average molecular weight is 331 g/mol. The molecule has 1 aromatic heterocycles. The number of halogens is 1. The van der Waals surface area contributed by atoms with Crippen LogP contribution in [-0.4, -0.2) is 11.5 Å². The monoisotopic (exact) mass is 330 g/mol. The van der Waals surface area contributed by atoms with Gasteiger partial charge in [0.1, 0.15) is 0 Å². The van der Waals surface area contributed by atoms with Gasteiger partial charge in [-0.1, -0.05) is 47.1 Å². The van der Waals surface area contributed by atoms with Gasteiger partial charge in [0.05, 0.1) is 0 Å². The first kappa shape index (κ1) is 13.8. The van der Waals surface area contributed by atoms with E-state index in [2.05, 4.69) is 63.5 Å². The van der Waals surface area contributed by atoms with Crippen LogP contribution in [0, 0.1) is 0 Å². The van der Waals surface area contributed by atoms with E-state index in [1.807, 2.05) is 12.3 Å². The molecule has 2 unspecified atom stereocenters. The summed E-state index contributed by atoms with van der Waals surface area (Å²) in [6.45, 7) is 3.13. The van der Waals surface area contributed by atoms with Crippen LogP contribution in [0.1, 0.15) is 42.1 Å². The van der Waals surface area contributed by atoms with Gasteiger partial charge < -0.3 is 5.32 Å². The molecule has 0 amide bonds. The molecule has 0 bridgehead atoms. The van der Waals surface area contributed by atoms with Crippen LogP contribution >= 0.6 is 15.9 Å². The molecular formula is C17H19BrN2. The number of aromatic nitrogens is 1. The highest BCUT2D eigenvalue weighted by atomic mass is 79.9. The van der Waals surface area contributed by atoms with Crippen molar-refractivity contribution >= 4 is 15.9 Å². The third-order valence-corrected chi connectivity index (χ3v) is 4.79. The van der Waals surface area contributed by atoms with Gasteiger partial charge in [-0.05, 0) is 42.6 Å². The van der Waals surface area contributed by atoms with Gasteiger partial charge in [-0.3, -0.25) is 4.98 Å². The summed E-state index contributed by atoms with van der Waals surface area (Å²) in [5.41, 5.74) is 4.01. The lowest BCUT2D eigenvalue weighted by Crippen LogP contribution is -2.26. The average Bonchev–Trinajstić information content (AvgIpc) is 2.90. The maximum atomic E-state index is 4.64. The van der Waals surface area contributed by atoms with Gasteiger partial charge in [0.15, 0.2) is 0 Å². The second-order valence-corrected chi connectivity index (χ2v) is 6.10. The van der Waals surface area contributed by atoms with Crippen molar-refractivity contribution < 1.29 is 0 Å². The molecule has 1 aliphatic rings. The molecule has 0 radical (unpaired) electrons. The number of fused-ring (bicyclic) bond motifs is 1. The van der Waals surface area contributed by atoms with Crippen molar-refractivity contribution in [2.45, 2.75) is 31.7 Å².